The van der Waals surface area contributed by atoms with Crippen LogP contribution in [0, 0.1) is 0 Å². The van der Waals surface area contributed by atoms with Crippen molar-refractivity contribution in [1.29, 1.82) is 0 Å². The molecular weight excluding hydrogens is 206 g/mol. The van der Waals surface area contributed by atoms with E-state index in [9.17, 15) is 0 Å². The van der Waals surface area contributed by atoms with Crippen LogP contribution in [0.15, 0.2) is 18.3 Å². The maximum Gasteiger partial charge on any atom is 0.130 e. The van der Waals surface area contributed by atoms with E-state index in [2.05, 4.69) is 34.6 Å². The normalized spacial score (nSPS) is 10.7. The predicted molar refractivity (Wildman–Crippen MR) is 68.5 cm³/mol. The van der Waals surface area contributed by atoms with E-state index in [4.69, 9.17) is 0 Å². The van der Waals surface area contributed by atoms with E-state index in [0.29, 0.717) is 0 Å². The van der Waals surface area contributed by atoms with Crippen molar-refractivity contribution in [2.45, 2.75) is 6.54 Å². The summed E-state index contributed by atoms with van der Waals surface area (Å²) in [7, 11) is 4.05. The lowest BCUT2D eigenvalue weighted by Crippen LogP contribution is -2.21. The predicted octanol–water partition coefficient (Wildman–Crippen LogP) is 1.92. The smallest absolute Gasteiger partial charge is 0.130 e. The third kappa shape index (κ3) is 4.10. The first-order valence-corrected chi connectivity index (χ1v) is 6.46. The molecule has 3 nitrogen and oxygen atoms in total. The second-order valence-corrected chi connectivity index (χ2v) is 4.48. The van der Waals surface area contributed by atoms with Gasteiger partial charge in [0.05, 0.1) is 0 Å². The van der Waals surface area contributed by atoms with Gasteiger partial charge in [0.25, 0.3) is 0 Å². The highest BCUT2D eigenvalue weighted by molar-refractivity contribution is 7.98. The number of anilines is 1. The lowest BCUT2D eigenvalue weighted by Gasteiger charge is -2.17. The molecule has 4 heteroatoms. The summed E-state index contributed by atoms with van der Waals surface area (Å²) in [6, 6.07) is 4.10. The fraction of sp³-hybridized carbons (Fsp3) is 0.545. The Morgan fingerprint density at radius 3 is 3.00 bits per heavy atom. The van der Waals surface area contributed by atoms with Crippen molar-refractivity contribution in [3.63, 3.8) is 0 Å². The van der Waals surface area contributed by atoms with Crippen molar-refractivity contribution < 1.29 is 0 Å². The molecule has 1 heterocycles. The minimum absolute atomic E-state index is 0.949. The quantitative estimate of drug-likeness (QED) is 0.800. The van der Waals surface area contributed by atoms with Crippen LogP contribution in [0.1, 0.15) is 5.56 Å². The molecule has 0 atom stereocenters. The zero-order valence-corrected chi connectivity index (χ0v) is 10.5. The van der Waals surface area contributed by atoms with Crippen LogP contribution in [0.5, 0.6) is 0 Å². The molecule has 0 unspecified atom stereocenters. The van der Waals surface area contributed by atoms with E-state index in [1.807, 2.05) is 31.1 Å². The maximum atomic E-state index is 4.29. The molecule has 84 valence electrons. The fourth-order valence-electron chi connectivity index (χ4n) is 1.41. The molecule has 0 saturated heterocycles. The van der Waals surface area contributed by atoms with Gasteiger partial charge in [0.15, 0.2) is 0 Å². The highest BCUT2D eigenvalue weighted by Crippen LogP contribution is 2.12. The maximum absolute atomic E-state index is 4.29. The van der Waals surface area contributed by atoms with Gasteiger partial charge in [0, 0.05) is 37.7 Å². The molecular formula is C11H19N3S. The van der Waals surface area contributed by atoms with Gasteiger partial charge in [-0.1, -0.05) is 6.07 Å². The van der Waals surface area contributed by atoms with Crippen molar-refractivity contribution in [1.82, 2.24) is 9.88 Å². The summed E-state index contributed by atoms with van der Waals surface area (Å²) in [5.74, 6) is 2.15. The Labute approximate surface area is 96.3 Å². The zero-order valence-electron chi connectivity index (χ0n) is 9.66. The molecule has 1 N–H and O–H groups in total. The van der Waals surface area contributed by atoms with Crippen LogP contribution in [0.25, 0.3) is 0 Å². The summed E-state index contributed by atoms with van der Waals surface area (Å²) in [6.45, 7) is 2.06. The number of rotatable bonds is 6. The molecule has 0 bridgehead atoms. The van der Waals surface area contributed by atoms with E-state index < -0.39 is 0 Å². The molecule has 0 saturated carbocycles. The summed E-state index contributed by atoms with van der Waals surface area (Å²) in [4.78, 5) is 6.60. The summed E-state index contributed by atoms with van der Waals surface area (Å²) < 4.78 is 0. The van der Waals surface area contributed by atoms with Gasteiger partial charge in [-0.3, -0.25) is 0 Å². The number of nitrogens with zero attached hydrogens (tertiary/aromatic N) is 2. The second-order valence-electron chi connectivity index (χ2n) is 3.49. The van der Waals surface area contributed by atoms with Crippen molar-refractivity contribution in [2.75, 3.05) is 38.0 Å². The molecule has 15 heavy (non-hydrogen) atoms. The number of hydrogen-bond acceptors (Lipinski definition) is 4. The fourth-order valence-corrected chi connectivity index (χ4v) is 1.90. The summed E-state index contributed by atoms with van der Waals surface area (Å²) in [5, 5.41) is 3.11. The molecule has 1 rings (SSSR count). The lowest BCUT2D eigenvalue weighted by molar-refractivity contribution is 0.349. The topological polar surface area (TPSA) is 28.2 Å². The molecule has 0 radical (unpaired) electrons. The highest BCUT2D eigenvalue weighted by Gasteiger charge is 2.04. The Bertz CT molecular complexity index is 291. The first-order chi connectivity index (χ1) is 7.27. The van der Waals surface area contributed by atoms with Crippen LogP contribution < -0.4 is 5.32 Å². The average molecular weight is 225 g/mol. The van der Waals surface area contributed by atoms with Crippen LogP contribution in [0.3, 0.4) is 0 Å². The number of hydrogen-bond donors (Lipinski definition) is 1. The van der Waals surface area contributed by atoms with Gasteiger partial charge in [-0.2, -0.15) is 11.8 Å². The molecule has 0 spiro atoms. The summed E-state index contributed by atoms with van der Waals surface area (Å²) in [6.07, 6.45) is 3.95. The largest absolute Gasteiger partial charge is 0.373 e. The number of aromatic nitrogens is 1. The Balaban J connectivity index is 2.55. The van der Waals surface area contributed by atoms with Gasteiger partial charge in [0.2, 0.25) is 0 Å². The Kier molecular flexibility index (Phi) is 5.50. The van der Waals surface area contributed by atoms with Gasteiger partial charge in [-0.25, -0.2) is 4.98 Å². The third-order valence-electron chi connectivity index (χ3n) is 2.25. The van der Waals surface area contributed by atoms with E-state index in [-0.39, 0.29) is 0 Å². The summed E-state index contributed by atoms with van der Waals surface area (Å²) in [5.41, 5.74) is 1.25. The first kappa shape index (κ1) is 12.3. The average Bonchev–Trinajstić information content (AvgIpc) is 2.27. The first-order valence-electron chi connectivity index (χ1n) is 5.07. The Morgan fingerprint density at radius 2 is 2.33 bits per heavy atom. The van der Waals surface area contributed by atoms with Crippen molar-refractivity contribution in [2.24, 2.45) is 0 Å². The second kappa shape index (κ2) is 6.69. The van der Waals surface area contributed by atoms with E-state index in [0.717, 1.165) is 18.9 Å². The van der Waals surface area contributed by atoms with Crippen LogP contribution in [-0.4, -0.2) is 42.5 Å². The lowest BCUT2D eigenvalue weighted by atomic mass is 10.2. The van der Waals surface area contributed by atoms with Crippen LogP contribution in [-0.2, 0) is 6.54 Å². The van der Waals surface area contributed by atoms with Crippen LogP contribution >= 0.6 is 11.8 Å². The monoisotopic (exact) mass is 225 g/mol. The summed E-state index contributed by atoms with van der Waals surface area (Å²) >= 11 is 1.88. The minimum atomic E-state index is 0.949. The van der Waals surface area contributed by atoms with Crippen molar-refractivity contribution >= 4 is 17.6 Å². The minimum Gasteiger partial charge on any atom is -0.373 e. The van der Waals surface area contributed by atoms with Gasteiger partial charge in [-0.15, -0.1) is 0 Å². The van der Waals surface area contributed by atoms with Crippen molar-refractivity contribution in [3.05, 3.63) is 23.9 Å². The highest BCUT2D eigenvalue weighted by atomic mass is 32.2. The van der Waals surface area contributed by atoms with Gasteiger partial charge >= 0.3 is 0 Å². The SMILES string of the molecule is CNc1ncccc1CN(C)CCSC. The Hall–Kier alpha value is -0.740. The number of thioether (sulfide) groups is 1. The van der Waals surface area contributed by atoms with Crippen LogP contribution in [0.2, 0.25) is 0 Å². The molecule has 0 fully saturated rings. The Morgan fingerprint density at radius 1 is 1.53 bits per heavy atom. The number of nitrogens with one attached hydrogen (secondary N) is 1. The molecule has 0 aliphatic heterocycles. The molecule has 0 aromatic carbocycles. The molecule has 0 aliphatic rings. The van der Waals surface area contributed by atoms with E-state index in [1.165, 1.54) is 11.3 Å². The number of pyridine rings is 1. The van der Waals surface area contributed by atoms with Gasteiger partial charge < -0.3 is 10.2 Å². The van der Waals surface area contributed by atoms with Crippen LogP contribution in [0.4, 0.5) is 5.82 Å². The molecule has 1 aromatic rings. The molecule has 0 aliphatic carbocycles. The molecule has 1 aromatic heterocycles. The van der Waals surface area contributed by atoms with E-state index >= 15 is 0 Å². The van der Waals surface area contributed by atoms with E-state index in [1.54, 1.807) is 0 Å². The third-order valence-corrected chi connectivity index (χ3v) is 2.84. The van der Waals surface area contributed by atoms with Gasteiger partial charge in [0.1, 0.15) is 5.82 Å². The van der Waals surface area contributed by atoms with Gasteiger partial charge in [-0.05, 0) is 19.4 Å². The standard InChI is InChI=1S/C11H19N3S/c1-12-11-10(5-4-6-13-11)9-14(2)7-8-15-3/h4-6H,7-9H2,1-3H3,(H,12,13). The molecule has 0 amide bonds. The van der Waals surface area contributed by atoms with Crippen molar-refractivity contribution in [3.8, 4) is 0 Å². The zero-order chi connectivity index (χ0) is 11.1.